The van der Waals surface area contributed by atoms with Gasteiger partial charge >= 0.3 is 0 Å². The van der Waals surface area contributed by atoms with Gasteiger partial charge in [0.1, 0.15) is 18.0 Å². The van der Waals surface area contributed by atoms with E-state index in [2.05, 4.69) is 10.5 Å². The van der Waals surface area contributed by atoms with E-state index in [1.165, 1.54) is 0 Å². The van der Waals surface area contributed by atoms with Gasteiger partial charge in [0, 0.05) is 11.1 Å². The molecule has 2 rings (SSSR count). The smallest absolute Gasteiger partial charge is 0.260 e. The summed E-state index contributed by atoms with van der Waals surface area (Å²) in [5.74, 6) is 0.707. The van der Waals surface area contributed by atoms with Gasteiger partial charge in [0.05, 0.1) is 11.9 Å². The van der Waals surface area contributed by atoms with E-state index in [1.54, 1.807) is 31.2 Å². The maximum absolute atomic E-state index is 12.3. The Morgan fingerprint density at radius 3 is 2.10 bits per heavy atom. The molecule has 0 spiro atoms. The first-order valence-corrected chi connectivity index (χ1v) is 11.0. The molecule has 2 aromatic carbocycles. The maximum atomic E-state index is 12.3. The summed E-state index contributed by atoms with van der Waals surface area (Å²) in [6.45, 7) is 7.35. The summed E-state index contributed by atoms with van der Waals surface area (Å²) in [4.78, 5) is 12.3. The zero-order valence-corrected chi connectivity index (χ0v) is 18.2. The van der Waals surface area contributed by atoms with Crippen molar-refractivity contribution in [3.05, 3.63) is 54.6 Å². The van der Waals surface area contributed by atoms with Crippen molar-refractivity contribution in [3.63, 3.8) is 0 Å². The Morgan fingerprint density at radius 1 is 1.03 bits per heavy atom. The Balaban J connectivity index is 2.13. The number of para-hydroxylation sites is 1. The number of carbonyl (C=O) groups excluding carboxylic acids is 1. The molecule has 0 saturated carbocycles. The van der Waals surface area contributed by atoms with Gasteiger partial charge in [-0.05, 0) is 43.3 Å². The molecule has 29 heavy (non-hydrogen) atoms. The maximum Gasteiger partial charge on any atom is 0.260 e. The highest BCUT2D eigenvalue weighted by Gasteiger charge is 2.21. The largest absolute Gasteiger partial charge is 0.457 e. The summed E-state index contributed by atoms with van der Waals surface area (Å²) in [5.41, 5.74) is 3.32. The molecular weight excluding hydrogens is 390 g/mol. The molecule has 1 N–H and O–H groups in total. The topological polar surface area (TPSA) is 88.1 Å². The number of sulfonamides is 1. The number of nitrogens with one attached hydrogen (secondary N) is 1. The Morgan fingerprint density at radius 2 is 1.59 bits per heavy atom. The van der Waals surface area contributed by atoms with E-state index in [1.807, 2.05) is 51.1 Å². The first kappa shape index (κ1) is 22.4. The van der Waals surface area contributed by atoms with Crippen LogP contribution in [0.25, 0.3) is 0 Å². The van der Waals surface area contributed by atoms with E-state index in [0.29, 0.717) is 17.2 Å². The molecular formula is C21H27N3O4S. The van der Waals surface area contributed by atoms with Gasteiger partial charge in [-0.25, -0.2) is 13.8 Å². The van der Waals surface area contributed by atoms with Crippen molar-refractivity contribution in [2.24, 2.45) is 10.5 Å². The first-order chi connectivity index (χ1) is 13.5. The van der Waals surface area contributed by atoms with E-state index in [-0.39, 0.29) is 12.0 Å². The third kappa shape index (κ3) is 6.90. The highest BCUT2D eigenvalue weighted by Crippen LogP contribution is 2.25. The van der Waals surface area contributed by atoms with Crippen molar-refractivity contribution >= 4 is 27.3 Å². The van der Waals surface area contributed by atoms with Crippen LogP contribution in [0.4, 0.5) is 5.69 Å². The van der Waals surface area contributed by atoms with E-state index in [4.69, 9.17) is 4.74 Å². The molecule has 0 aromatic heterocycles. The average Bonchev–Trinajstić information content (AvgIpc) is 2.64. The SMILES string of the molecule is CC(=NNC(=O)CN(c1ccc(Oc2ccccc2)cc1)S(C)(=O)=O)C(C)(C)C. The monoisotopic (exact) mass is 417 g/mol. The molecule has 0 saturated heterocycles. The van der Waals surface area contributed by atoms with Crippen LogP contribution < -0.4 is 14.5 Å². The van der Waals surface area contributed by atoms with Crippen LogP contribution in [0.2, 0.25) is 0 Å². The molecule has 0 atom stereocenters. The second-order valence-electron chi connectivity index (χ2n) is 7.66. The minimum Gasteiger partial charge on any atom is -0.457 e. The second-order valence-corrected chi connectivity index (χ2v) is 9.57. The van der Waals surface area contributed by atoms with Crippen LogP contribution in [-0.4, -0.2) is 32.8 Å². The minimum atomic E-state index is -3.67. The number of hydrogen-bond acceptors (Lipinski definition) is 5. The number of hydrogen-bond donors (Lipinski definition) is 1. The van der Waals surface area contributed by atoms with E-state index >= 15 is 0 Å². The molecule has 0 aliphatic carbocycles. The molecule has 2 aromatic rings. The van der Waals surface area contributed by atoms with Crippen LogP contribution in [0.3, 0.4) is 0 Å². The predicted molar refractivity (Wildman–Crippen MR) is 116 cm³/mol. The quantitative estimate of drug-likeness (QED) is 0.548. The summed E-state index contributed by atoms with van der Waals surface area (Å²) in [5, 5.41) is 4.06. The number of ether oxygens (including phenoxy) is 1. The van der Waals surface area contributed by atoms with Crippen LogP contribution in [-0.2, 0) is 14.8 Å². The van der Waals surface area contributed by atoms with Gasteiger partial charge in [-0.3, -0.25) is 9.10 Å². The zero-order valence-electron chi connectivity index (χ0n) is 17.3. The van der Waals surface area contributed by atoms with Crippen LogP contribution in [0.5, 0.6) is 11.5 Å². The molecule has 156 valence electrons. The van der Waals surface area contributed by atoms with Crippen molar-refractivity contribution in [3.8, 4) is 11.5 Å². The van der Waals surface area contributed by atoms with Crippen LogP contribution in [0.15, 0.2) is 59.7 Å². The zero-order chi connectivity index (χ0) is 21.7. The minimum absolute atomic E-state index is 0.196. The van der Waals surface area contributed by atoms with Crippen LogP contribution >= 0.6 is 0 Å². The molecule has 0 aliphatic heterocycles. The average molecular weight is 418 g/mol. The predicted octanol–water partition coefficient (Wildman–Crippen LogP) is 3.78. The normalized spacial score (nSPS) is 12.4. The van der Waals surface area contributed by atoms with Crippen LogP contribution in [0, 0.1) is 5.41 Å². The molecule has 0 bridgehead atoms. The van der Waals surface area contributed by atoms with Gasteiger partial charge in [0.15, 0.2) is 0 Å². The van der Waals surface area contributed by atoms with Gasteiger partial charge in [0.25, 0.3) is 5.91 Å². The third-order valence-electron chi connectivity index (χ3n) is 4.22. The molecule has 0 heterocycles. The summed E-state index contributed by atoms with van der Waals surface area (Å²) < 4.78 is 31.2. The van der Waals surface area contributed by atoms with Gasteiger partial charge in [-0.2, -0.15) is 5.10 Å². The van der Waals surface area contributed by atoms with Gasteiger partial charge < -0.3 is 4.74 Å². The van der Waals surface area contributed by atoms with E-state index in [9.17, 15) is 13.2 Å². The lowest BCUT2D eigenvalue weighted by atomic mass is 9.91. The molecule has 0 fully saturated rings. The summed E-state index contributed by atoms with van der Waals surface area (Å²) in [6.07, 6.45) is 1.05. The van der Waals surface area contributed by atoms with Gasteiger partial charge in [-0.15, -0.1) is 0 Å². The summed E-state index contributed by atoms with van der Waals surface area (Å²) >= 11 is 0. The Labute approximate surface area is 172 Å². The Bertz CT molecular complexity index is 963. The van der Waals surface area contributed by atoms with Crippen molar-refractivity contribution in [2.45, 2.75) is 27.7 Å². The molecule has 0 aliphatic rings. The number of rotatable bonds is 7. The van der Waals surface area contributed by atoms with Crippen molar-refractivity contribution in [1.29, 1.82) is 0 Å². The Kier molecular flexibility index (Phi) is 7.02. The molecule has 0 unspecified atom stereocenters. The summed E-state index contributed by atoms with van der Waals surface area (Å²) in [7, 11) is -3.67. The Hall–Kier alpha value is -2.87. The van der Waals surface area contributed by atoms with Crippen molar-refractivity contribution in [1.82, 2.24) is 5.43 Å². The number of amides is 1. The number of nitrogens with zero attached hydrogens (tertiary/aromatic N) is 2. The van der Waals surface area contributed by atoms with E-state index < -0.39 is 15.9 Å². The molecule has 1 amide bonds. The lowest BCUT2D eigenvalue weighted by Crippen LogP contribution is -2.39. The van der Waals surface area contributed by atoms with Gasteiger partial charge in [0.2, 0.25) is 10.0 Å². The summed E-state index contributed by atoms with van der Waals surface area (Å²) in [6, 6.07) is 15.7. The van der Waals surface area contributed by atoms with Gasteiger partial charge in [-0.1, -0.05) is 39.0 Å². The number of hydrazone groups is 1. The van der Waals surface area contributed by atoms with Crippen LogP contribution in [0.1, 0.15) is 27.7 Å². The third-order valence-corrected chi connectivity index (χ3v) is 5.37. The fraction of sp³-hybridized carbons (Fsp3) is 0.333. The molecule has 8 heteroatoms. The molecule has 7 nitrogen and oxygen atoms in total. The van der Waals surface area contributed by atoms with Crippen molar-refractivity contribution < 1.29 is 17.9 Å². The lowest BCUT2D eigenvalue weighted by Gasteiger charge is -2.22. The highest BCUT2D eigenvalue weighted by molar-refractivity contribution is 7.92. The van der Waals surface area contributed by atoms with E-state index in [0.717, 1.165) is 16.3 Å². The molecule has 0 radical (unpaired) electrons. The first-order valence-electron chi connectivity index (χ1n) is 9.11. The lowest BCUT2D eigenvalue weighted by molar-refractivity contribution is -0.119. The number of benzene rings is 2. The second kappa shape index (κ2) is 9.09. The standard InChI is InChI=1S/C21H27N3O4S/c1-16(21(2,3)4)22-23-20(25)15-24(29(5,26)27)17-11-13-19(14-12-17)28-18-9-7-6-8-10-18/h6-14H,15H2,1-5H3,(H,23,25). The fourth-order valence-corrected chi connectivity index (χ4v) is 3.04. The number of anilines is 1. The fourth-order valence-electron chi connectivity index (χ4n) is 2.18. The highest BCUT2D eigenvalue weighted by atomic mass is 32.2. The van der Waals surface area contributed by atoms with Crippen molar-refractivity contribution in [2.75, 3.05) is 17.1 Å². The number of carbonyl (C=O) groups is 1.